The molecule has 1 aromatic carbocycles. The fourth-order valence-corrected chi connectivity index (χ4v) is 5.84. The Balaban J connectivity index is 1.50. The van der Waals surface area contributed by atoms with Crippen molar-refractivity contribution >= 4 is 46.6 Å². The fourth-order valence-electron chi connectivity index (χ4n) is 5.84. The number of aromatic amines is 1. The lowest BCUT2D eigenvalue weighted by Gasteiger charge is -2.27. The van der Waals surface area contributed by atoms with Gasteiger partial charge in [0.05, 0.1) is 20.3 Å². The quantitative estimate of drug-likeness (QED) is 0.314. The predicted octanol–water partition coefficient (Wildman–Crippen LogP) is 3.00. The van der Waals surface area contributed by atoms with E-state index in [-0.39, 0.29) is 37.4 Å². The van der Waals surface area contributed by atoms with Gasteiger partial charge in [-0.1, -0.05) is 19.9 Å². The molecule has 0 unspecified atom stereocenters. The van der Waals surface area contributed by atoms with E-state index in [1.807, 2.05) is 13.8 Å². The third-order valence-electron chi connectivity index (χ3n) is 8.31. The molecule has 14 nitrogen and oxygen atoms in total. The van der Waals surface area contributed by atoms with E-state index in [2.05, 4.69) is 20.4 Å². The number of Topliss-reactive ketones (excluding diaryl/α,β-unsaturated/α-hetero) is 1. The smallest absolute Gasteiger partial charge is 0.416 e. The molecule has 250 valence electrons. The molecule has 2 fully saturated rings. The van der Waals surface area contributed by atoms with E-state index in [1.165, 1.54) is 19.1 Å². The summed E-state index contributed by atoms with van der Waals surface area (Å²) < 4.78 is 15.4. The minimum absolute atomic E-state index is 0.0106. The number of hydrogen-bond acceptors (Lipinski definition) is 9. The summed E-state index contributed by atoms with van der Waals surface area (Å²) in [4.78, 5) is 83.6. The molecular formula is C32H43N5O9. The first-order chi connectivity index (χ1) is 22.0. The number of H-pyrrole nitrogens is 1. The number of aromatic nitrogens is 1. The van der Waals surface area contributed by atoms with Crippen LogP contribution in [0.3, 0.4) is 0 Å². The van der Waals surface area contributed by atoms with Crippen LogP contribution in [0.15, 0.2) is 24.3 Å². The van der Waals surface area contributed by atoms with Crippen molar-refractivity contribution < 1.29 is 43.0 Å². The van der Waals surface area contributed by atoms with Gasteiger partial charge in [-0.2, -0.15) is 0 Å². The van der Waals surface area contributed by atoms with Crippen molar-refractivity contribution in [1.29, 1.82) is 0 Å². The van der Waals surface area contributed by atoms with Gasteiger partial charge in [0.25, 0.3) is 5.91 Å². The maximum absolute atomic E-state index is 13.7. The van der Waals surface area contributed by atoms with Gasteiger partial charge in [-0.15, -0.1) is 0 Å². The SMILES string of the molecule is COC(=O)N1CC[C@@H](C[C@H](NC(=O)[C@H](CC(C)C)NC(=O)c2cc3c(OC)cccc3[nH]2)C(=O)COC(=O)N2CCCCC2)C1=O. The van der Waals surface area contributed by atoms with Crippen molar-refractivity contribution in [3.05, 3.63) is 30.0 Å². The summed E-state index contributed by atoms with van der Waals surface area (Å²) in [6.07, 6.45) is 1.67. The second-order valence-corrected chi connectivity index (χ2v) is 12.1. The van der Waals surface area contributed by atoms with Gasteiger partial charge in [-0.3, -0.25) is 19.2 Å². The number of piperidine rings is 1. The van der Waals surface area contributed by atoms with E-state index in [1.54, 1.807) is 24.3 Å². The summed E-state index contributed by atoms with van der Waals surface area (Å²) in [5.74, 6) is -2.48. The van der Waals surface area contributed by atoms with Gasteiger partial charge < -0.3 is 34.7 Å². The number of methoxy groups -OCH3 is 2. The van der Waals surface area contributed by atoms with Crippen LogP contribution in [0, 0.1) is 11.8 Å². The number of ketones is 1. The summed E-state index contributed by atoms with van der Waals surface area (Å²) >= 11 is 0. The number of carbonyl (C=O) groups is 6. The number of fused-ring (bicyclic) bond motifs is 1. The Bertz CT molecular complexity index is 1450. The third-order valence-corrected chi connectivity index (χ3v) is 8.31. The fraction of sp³-hybridized carbons (Fsp3) is 0.562. The van der Waals surface area contributed by atoms with E-state index in [9.17, 15) is 28.8 Å². The number of ether oxygens (including phenoxy) is 3. The zero-order valence-corrected chi connectivity index (χ0v) is 26.8. The molecule has 0 bridgehead atoms. The second-order valence-electron chi connectivity index (χ2n) is 12.1. The first-order valence-electron chi connectivity index (χ1n) is 15.6. The zero-order valence-electron chi connectivity index (χ0n) is 26.8. The number of amides is 5. The monoisotopic (exact) mass is 641 g/mol. The summed E-state index contributed by atoms with van der Waals surface area (Å²) in [7, 11) is 2.70. The van der Waals surface area contributed by atoms with Gasteiger partial charge >= 0.3 is 12.2 Å². The maximum atomic E-state index is 13.7. The van der Waals surface area contributed by atoms with Crippen molar-refractivity contribution in [3.63, 3.8) is 0 Å². The largest absolute Gasteiger partial charge is 0.496 e. The van der Waals surface area contributed by atoms with Gasteiger partial charge in [-0.25, -0.2) is 14.5 Å². The first-order valence-corrected chi connectivity index (χ1v) is 15.6. The zero-order chi connectivity index (χ0) is 33.4. The molecular weight excluding hydrogens is 598 g/mol. The normalized spacial score (nSPS) is 17.8. The molecule has 5 amide bonds. The van der Waals surface area contributed by atoms with Gasteiger partial charge in [0.1, 0.15) is 17.5 Å². The Morgan fingerprint density at radius 3 is 2.39 bits per heavy atom. The molecule has 2 aromatic rings. The number of likely N-dealkylation sites (tertiary alicyclic amines) is 2. The summed E-state index contributed by atoms with van der Waals surface area (Å²) in [5, 5.41) is 6.18. The predicted molar refractivity (Wildman–Crippen MR) is 166 cm³/mol. The van der Waals surface area contributed by atoms with Crippen LogP contribution in [0.1, 0.15) is 62.9 Å². The van der Waals surface area contributed by atoms with Crippen molar-refractivity contribution in [2.75, 3.05) is 40.5 Å². The van der Waals surface area contributed by atoms with Crippen LogP contribution in [-0.2, 0) is 23.9 Å². The Morgan fingerprint density at radius 2 is 1.72 bits per heavy atom. The molecule has 2 aliphatic rings. The molecule has 4 rings (SSSR count). The minimum Gasteiger partial charge on any atom is -0.496 e. The van der Waals surface area contributed by atoms with Crippen LogP contribution in [0.2, 0.25) is 0 Å². The number of rotatable bonds is 12. The number of nitrogens with zero attached hydrogens (tertiary/aromatic N) is 2. The van der Waals surface area contributed by atoms with Crippen LogP contribution in [0.5, 0.6) is 5.75 Å². The summed E-state index contributed by atoms with van der Waals surface area (Å²) in [6, 6.07) is 4.74. The molecule has 14 heteroatoms. The highest BCUT2D eigenvalue weighted by atomic mass is 16.6. The van der Waals surface area contributed by atoms with E-state index < -0.39 is 60.3 Å². The molecule has 2 aliphatic heterocycles. The lowest BCUT2D eigenvalue weighted by atomic mass is 9.95. The molecule has 1 aromatic heterocycles. The molecule has 3 N–H and O–H groups in total. The van der Waals surface area contributed by atoms with Crippen molar-refractivity contribution in [3.8, 4) is 5.75 Å². The Morgan fingerprint density at radius 1 is 0.978 bits per heavy atom. The van der Waals surface area contributed by atoms with E-state index in [4.69, 9.17) is 9.47 Å². The average molecular weight is 642 g/mol. The van der Waals surface area contributed by atoms with E-state index >= 15 is 0 Å². The van der Waals surface area contributed by atoms with Gasteiger partial charge in [0, 0.05) is 36.5 Å². The van der Waals surface area contributed by atoms with E-state index in [0.29, 0.717) is 29.7 Å². The summed E-state index contributed by atoms with van der Waals surface area (Å²) in [5.41, 5.74) is 0.902. The highest BCUT2D eigenvalue weighted by Crippen LogP contribution is 2.27. The van der Waals surface area contributed by atoms with Crippen LogP contribution in [0.4, 0.5) is 9.59 Å². The van der Waals surface area contributed by atoms with E-state index in [0.717, 1.165) is 24.2 Å². The van der Waals surface area contributed by atoms with Crippen LogP contribution in [-0.4, -0.2) is 103 Å². The molecule has 46 heavy (non-hydrogen) atoms. The minimum atomic E-state index is -1.22. The average Bonchev–Trinajstić information content (AvgIpc) is 3.66. The molecule has 3 heterocycles. The second kappa shape index (κ2) is 15.6. The Labute approximate surface area is 267 Å². The van der Waals surface area contributed by atoms with Gasteiger partial charge in [-0.05, 0) is 62.6 Å². The first kappa shape index (κ1) is 34.3. The molecule has 3 atom stereocenters. The highest BCUT2D eigenvalue weighted by molar-refractivity contribution is 6.02. The highest BCUT2D eigenvalue weighted by Gasteiger charge is 2.40. The summed E-state index contributed by atoms with van der Waals surface area (Å²) in [6.45, 7) is 4.35. The van der Waals surface area contributed by atoms with Crippen molar-refractivity contribution in [2.45, 2.75) is 64.5 Å². The Hall–Kier alpha value is -4.62. The number of nitrogens with one attached hydrogen (secondary N) is 3. The number of benzene rings is 1. The van der Waals surface area contributed by atoms with Gasteiger partial charge in [0.2, 0.25) is 11.8 Å². The molecule has 0 spiro atoms. The van der Waals surface area contributed by atoms with Crippen LogP contribution in [0.25, 0.3) is 10.9 Å². The lowest BCUT2D eigenvalue weighted by molar-refractivity contribution is -0.133. The molecule has 0 aliphatic carbocycles. The standard InChI is InChI=1S/C32H43N5O9/c1-19(2)15-24(35-29(40)25-17-21-22(33-25)9-8-10-27(21)44-3)28(39)34-23(16-20-11-14-37(30(20)41)32(43)45-4)26(38)18-46-31(42)36-12-6-5-7-13-36/h8-10,17,19-20,23-24,33H,5-7,11-16,18H2,1-4H3,(H,34,39)(H,35,40)/t20-,23-,24-/m0/s1. The number of imide groups is 1. The number of hydrogen-bond donors (Lipinski definition) is 3. The van der Waals surface area contributed by atoms with Gasteiger partial charge in [0.15, 0.2) is 12.4 Å². The van der Waals surface area contributed by atoms with Crippen LogP contribution >= 0.6 is 0 Å². The molecule has 0 radical (unpaired) electrons. The molecule has 0 saturated carbocycles. The number of carbonyl (C=O) groups excluding carboxylic acids is 6. The molecule has 2 saturated heterocycles. The Kier molecular flexibility index (Phi) is 11.6. The van der Waals surface area contributed by atoms with Crippen molar-refractivity contribution in [1.82, 2.24) is 25.4 Å². The third kappa shape index (κ3) is 8.34. The van der Waals surface area contributed by atoms with Crippen molar-refractivity contribution in [2.24, 2.45) is 11.8 Å². The topological polar surface area (TPSA) is 176 Å². The van der Waals surface area contributed by atoms with Crippen LogP contribution < -0.4 is 15.4 Å². The maximum Gasteiger partial charge on any atom is 0.416 e. The lowest BCUT2D eigenvalue weighted by Crippen LogP contribution is -2.53.